The van der Waals surface area contributed by atoms with Gasteiger partial charge < -0.3 is 14.9 Å². The van der Waals surface area contributed by atoms with Crippen LogP contribution in [0.25, 0.3) is 12.2 Å². The summed E-state index contributed by atoms with van der Waals surface area (Å²) < 4.78 is 5.24. The van der Waals surface area contributed by atoms with Crippen LogP contribution in [0.1, 0.15) is 30.5 Å². The van der Waals surface area contributed by atoms with Gasteiger partial charge in [0.2, 0.25) is 0 Å². The zero-order chi connectivity index (χ0) is 16.8. The van der Waals surface area contributed by atoms with Crippen LogP contribution in [0.3, 0.4) is 0 Å². The smallest absolute Gasteiger partial charge is 0.123 e. The van der Waals surface area contributed by atoms with E-state index in [0.29, 0.717) is 12.2 Å². The molecule has 0 heterocycles. The van der Waals surface area contributed by atoms with Crippen molar-refractivity contribution in [3.05, 3.63) is 64.7 Å². The number of phenolic OH excluding ortho intramolecular Hbond substituents is 2. The van der Waals surface area contributed by atoms with E-state index in [1.54, 1.807) is 25.3 Å². The molecule has 3 nitrogen and oxygen atoms in total. The van der Waals surface area contributed by atoms with E-state index in [2.05, 4.69) is 6.08 Å². The second kappa shape index (κ2) is 7.54. The van der Waals surface area contributed by atoms with Crippen LogP contribution in [0.5, 0.6) is 17.2 Å². The van der Waals surface area contributed by atoms with Crippen LogP contribution in [0.4, 0.5) is 0 Å². The summed E-state index contributed by atoms with van der Waals surface area (Å²) in [7, 11) is 1.58. The lowest BCUT2D eigenvalue weighted by molar-refractivity contribution is 0.406. The van der Waals surface area contributed by atoms with Gasteiger partial charge in [0.25, 0.3) is 0 Å². The van der Waals surface area contributed by atoms with Gasteiger partial charge in [-0.25, -0.2) is 0 Å². The second-order valence-corrected chi connectivity index (χ2v) is 5.62. The first kappa shape index (κ1) is 16.7. The lowest BCUT2D eigenvalue weighted by Crippen LogP contribution is -1.92. The first-order valence-electron chi connectivity index (χ1n) is 7.50. The zero-order valence-electron chi connectivity index (χ0n) is 13.7. The SMILES string of the molecule is COc1cc(O)c(CC=C(C)C)c(/C=C/c2ccc(O)cc2)c1. The van der Waals surface area contributed by atoms with Crippen LogP contribution in [0.15, 0.2) is 48.0 Å². The van der Waals surface area contributed by atoms with Crippen molar-refractivity contribution in [3.63, 3.8) is 0 Å². The summed E-state index contributed by atoms with van der Waals surface area (Å²) in [4.78, 5) is 0. The number of allylic oxidation sites excluding steroid dienone is 2. The highest BCUT2D eigenvalue weighted by atomic mass is 16.5. The summed E-state index contributed by atoms with van der Waals surface area (Å²) in [5.74, 6) is 1.09. The van der Waals surface area contributed by atoms with Crippen molar-refractivity contribution >= 4 is 12.2 Å². The van der Waals surface area contributed by atoms with Crippen LogP contribution >= 0.6 is 0 Å². The molecule has 0 amide bonds. The molecule has 0 saturated carbocycles. The van der Waals surface area contributed by atoms with Crippen molar-refractivity contribution in [2.45, 2.75) is 20.3 Å². The van der Waals surface area contributed by atoms with Gasteiger partial charge in [-0.1, -0.05) is 35.9 Å². The third kappa shape index (κ3) is 4.65. The Morgan fingerprint density at radius 1 is 1.04 bits per heavy atom. The van der Waals surface area contributed by atoms with Crippen molar-refractivity contribution in [1.29, 1.82) is 0 Å². The van der Waals surface area contributed by atoms with Gasteiger partial charge >= 0.3 is 0 Å². The van der Waals surface area contributed by atoms with Crippen LogP contribution in [0, 0.1) is 0 Å². The molecule has 2 aromatic carbocycles. The van der Waals surface area contributed by atoms with Crippen molar-refractivity contribution in [3.8, 4) is 17.2 Å². The predicted octanol–water partition coefficient (Wildman–Crippen LogP) is 4.79. The number of methoxy groups -OCH3 is 1. The van der Waals surface area contributed by atoms with Gasteiger partial charge in [0.1, 0.15) is 17.2 Å². The largest absolute Gasteiger partial charge is 0.508 e. The van der Waals surface area contributed by atoms with Crippen LogP contribution in [-0.4, -0.2) is 17.3 Å². The van der Waals surface area contributed by atoms with Gasteiger partial charge in [-0.2, -0.15) is 0 Å². The molecule has 0 bridgehead atoms. The van der Waals surface area contributed by atoms with Crippen molar-refractivity contribution in [2.24, 2.45) is 0 Å². The highest BCUT2D eigenvalue weighted by Crippen LogP contribution is 2.30. The van der Waals surface area contributed by atoms with Gasteiger partial charge in [0.05, 0.1) is 7.11 Å². The maximum absolute atomic E-state index is 10.3. The Labute approximate surface area is 137 Å². The average Bonchev–Trinajstić information content (AvgIpc) is 2.52. The summed E-state index contributed by atoms with van der Waals surface area (Å²) >= 11 is 0. The first-order valence-corrected chi connectivity index (χ1v) is 7.50. The van der Waals surface area contributed by atoms with Gasteiger partial charge in [-0.05, 0) is 49.6 Å². The van der Waals surface area contributed by atoms with Crippen molar-refractivity contribution in [1.82, 2.24) is 0 Å². The van der Waals surface area contributed by atoms with E-state index in [4.69, 9.17) is 4.74 Å². The van der Waals surface area contributed by atoms with E-state index in [-0.39, 0.29) is 11.5 Å². The zero-order valence-corrected chi connectivity index (χ0v) is 13.7. The molecule has 0 aliphatic heterocycles. The molecule has 23 heavy (non-hydrogen) atoms. The Bertz CT molecular complexity index is 721. The third-order valence-corrected chi connectivity index (χ3v) is 3.53. The lowest BCUT2D eigenvalue weighted by atomic mass is 10.0. The molecule has 2 aromatic rings. The van der Waals surface area contributed by atoms with Gasteiger partial charge in [-0.15, -0.1) is 0 Å². The number of ether oxygens (including phenoxy) is 1. The van der Waals surface area contributed by atoms with Crippen molar-refractivity contribution < 1.29 is 14.9 Å². The minimum absolute atomic E-state index is 0.229. The van der Waals surface area contributed by atoms with E-state index >= 15 is 0 Å². The molecular formula is C20H22O3. The Balaban J connectivity index is 2.39. The minimum atomic E-state index is 0.229. The quantitative estimate of drug-likeness (QED) is 0.617. The van der Waals surface area contributed by atoms with Crippen LogP contribution in [0.2, 0.25) is 0 Å². The van der Waals surface area contributed by atoms with E-state index < -0.39 is 0 Å². The van der Waals surface area contributed by atoms with E-state index in [1.807, 2.05) is 44.2 Å². The summed E-state index contributed by atoms with van der Waals surface area (Å²) in [6.45, 7) is 4.07. The Hall–Kier alpha value is -2.68. The number of phenols is 2. The summed E-state index contributed by atoms with van der Waals surface area (Å²) in [5, 5.41) is 19.6. The number of hydrogen-bond donors (Lipinski definition) is 2. The summed E-state index contributed by atoms with van der Waals surface area (Å²) in [6, 6.07) is 10.5. The summed E-state index contributed by atoms with van der Waals surface area (Å²) in [5.41, 5.74) is 3.95. The molecule has 2 N–H and O–H groups in total. The van der Waals surface area contributed by atoms with Crippen LogP contribution < -0.4 is 4.74 Å². The van der Waals surface area contributed by atoms with Gasteiger partial charge in [-0.3, -0.25) is 0 Å². The average molecular weight is 310 g/mol. The monoisotopic (exact) mass is 310 g/mol. The molecule has 0 aliphatic rings. The highest BCUT2D eigenvalue weighted by molar-refractivity contribution is 5.73. The van der Waals surface area contributed by atoms with E-state index in [9.17, 15) is 10.2 Å². The lowest BCUT2D eigenvalue weighted by Gasteiger charge is -2.10. The maximum atomic E-state index is 10.3. The molecular weight excluding hydrogens is 288 g/mol. The highest BCUT2D eigenvalue weighted by Gasteiger charge is 2.08. The van der Waals surface area contributed by atoms with Gasteiger partial charge in [0.15, 0.2) is 0 Å². The molecule has 0 saturated heterocycles. The van der Waals surface area contributed by atoms with Crippen molar-refractivity contribution in [2.75, 3.05) is 7.11 Å². The molecule has 0 spiro atoms. The normalized spacial score (nSPS) is 10.7. The Kier molecular flexibility index (Phi) is 5.47. The Morgan fingerprint density at radius 3 is 2.35 bits per heavy atom. The standard InChI is InChI=1S/C20H22O3/c1-14(2)4-11-19-16(12-18(23-3)13-20(19)22)8-5-15-6-9-17(21)10-7-15/h4-10,12-13,21-22H,11H2,1-3H3/b8-5+. The molecule has 0 aliphatic carbocycles. The summed E-state index contributed by atoms with van der Waals surface area (Å²) in [6.07, 6.45) is 6.63. The Morgan fingerprint density at radius 2 is 1.74 bits per heavy atom. The topological polar surface area (TPSA) is 49.7 Å². The second-order valence-electron chi connectivity index (χ2n) is 5.62. The third-order valence-electron chi connectivity index (χ3n) is 3.53. The molecule has 2 rings (SSSR count). The molecule has 0 atom stereocenters. The molecule has 120 valence electrons. The van der Waals surface area contributed by atoms with E-state index in [1.165, 1.54) is 5.57 Å². The number of hydrogen-bond acceptors (Lipinski definition) is 3. The predicted molar refractivity (Wildman–Crippen MR) is 94.8 cm³/mol. The fourth-order valence-corrected chi connectivity index (χ4v) is 2.22. The maximum Gasteiger partial charge on any atom is 0.123 e. The molecule has 3 heteroatoms. The first-order chi connectivity index (χ1) is 11.0. The minimum Gasteiger partial charge on any atom is -0.508 e. The molecule has 0 aromatic heterocycles. The fourth-order valence-electron chi connectivity index (χ4n) is 2.22. The molecule has 0 unspecified atom stereocenters. The number of aromatic hydroxyl groups is 2. The van der Waals surface area contributed by atoms with Crippen LogP contribution in [-0.2, 0) is 6.42 Å². The number of benzene rings is 2. The molecule has 0 radical (unpaired) electrons. The van der Waals surface area contributed by atoms with Gasteiger partial charge in [0, 0.05) is 11.6 Å². The van der Waals surface area contributed by atoms with E-state index in [0.717, 1.165) is 16.7 Å². The fraction of sp³-hybridized carbons (Fsp3) is 0.200. The molecule has 0 fully saturated rings. The number of rotatable bonds is 5.